The Labute approximate surface area is 154 Å². The van der Waals surface area contributed by atoms with Gasteiger partial charge >= 0.3 is 0 Å². The molecule has 1 aromatic carbocycles. The van der Waals surface area contributed by atoms with Crippen molar-refractivity contribution in [3.05, 3.63) is 46.8 Å². The molecule has 0 aliphatic carbocycles. The molecule has 0 saturated heterocycles. The van der Waals surface area contributed by atoms with Crippen LogP contribution in [0.4, 0.5) is 0 Å². The van der Waals surface area contributed by atoms with Crippen molar-refractivity contribution >= 4 is 9.84 Å². The van der Waals surface area contributed by atoms with Gasteiger partial charge in [0.1, 0.15) is 21.7 Å². The van der Waals surface area contributed by atoms with Gasteiger partial charge in [-0.2, -0.15) is 5.10 Å². The SMILES string of the molecule is COc1cc(C)ccc1CN1CCn2nc([C@@H](O)CS(C)(=O)=O)cc2C1. The number of ether oxygens (including phenoxy) is 1. The second-order valence-electron chi connectivity index (χ2n) is 6.92. The molecule has 0 amide bonds. The van der Waals surface area contributed by atoms with Crippen LogP contribution in [-0.4, -0.2) is 53.9 Å². The van der Waals surface area contributed by atoms with Crippen molar-refractivity contribution < 1.29 is 18.3 Å². The van der Waals surface area contributed by atoms with Crippen LogP contribution in [0.1, 0.15) is 28.6 Å². The highest BCUT2D eigenvalue weighted by molar-refractivity contribution is 7.90. The molecular weight excluding hydrogens is 354 g/mol. The molecule has 7 nitrogen and oxygen atoms in total. The lowest BCUT2D eigenvalue weighted by molar-refractivity contribution is 0.190. The molecule has 0 unspecified atom stereocenters. The van der Waals surface area contributed by atoms with Crippen molar-refractivity contribution in [2.24, 2.45) is 0 Å². The number of aromatic nitrogens is 2. The molecular formula is C18H25N3O4S. The highest BCUT2D eigenvalue weighted by Gasteiger charge is 2.23. The lowest BCUT2D eigenvalue weighted by atomic mass is 10.1. The van der Waals surface area contributed by atoms with Crippen LogP contribution in [0.5, 0.6) is 5.75 Å². The normalized spacial score (nSPS) is 16.3. The molecule has 142 valence electrons. The molecule has 0 fully saturated rings. The number of hydrogen-bond acceptors (Lipinski definition) is 6. The first kappa shape index (κ1) is 18.9. The van der Waals surface area contributed by atoms with Crippen LogP contribution in [0.2, 0.25) is 0 Å². The van der Waals surface area contributed by atoms with Gasteiger partial charge in [-0.1, -0.05) is 12.1 Å². The number of methoxy groups -OCH3 is 1. The van der Waals surface area contributed by atoms with Gasteiger partial charge in [-0.3, -0.25) is 9.58 Å². The van der Waals surface area contributed by atoms with E-state index in [1.165, 1.54) is 0 Å². The minimum atomic E-state index is -3.26. The molecule has 3 rings (SSSR count). The van der Waals surface area contributed by atoms with E-state index in [-0.39, 0.29) is 5.75 Å². The van der Waals surface area contributed by atoms with Crippen molar-refractivity contribution in [3.8, 4) is 5.75 Å². The summed E-state index contributed by atoms with van der Waals surface area (Å²) in [5.41, 5.74) is 3.68. The predicted molar refractivity (Wildman–Crippen MR) is 98.7 cm³/mol. The van der Waals surface area contributed by atoms with Crippen LogP contribution in [0, 0.1) is 6.92 Å². The molecule has 8 heteroatoms. The Hall–Kier alpha value is -1.90. The number of fused-ring (bicyclic) bond motifs is 1. The largest absolute Gasteiger partial charge is 0.496 e. The molecule has 26 heavy (non-hydrogen) atoms. The predicted octanol–water partition coefficient (Wildman–Crippen LogP) is 1.29. The van der Waals surface area contributed by atoms with Crippen LogP contribution in [0.15, 0.2) is 24.3 Å². The van der Waals surface area contributed by atoms with Gasteiger partial charge < -0.3 is 9.84 Å². The van der Waals surface area contributed by atoms with E-state index < -0.39 is 15.9 Å². The second-order valence-corrected chi connectivity index (χ2v) is 9.10. The zero-order valence-corrected chi connectivity index (χ0v) is 16.2. The number of hydrogen-bond donors (Lipinski definition) is 1. The summed E-state index contributed by atoms with van der Waals surface area (Å²) < 4.78 is 30.1. The highest BCUT2D eigenvalue weighted by Crippen LogP contribution is 2.25. The van der Waals surface area contributed by atoms with E-state index in [0.717, 1.165) is 41.9 Å². The van der Waals surface area contributed by atoms with Crippen molar-refractivity contribution in [1.29, 1.82) is 0 Å². The van der Waals surface area contributed by atoms with Crippen molar-refractivity contribution in [2.45, 2.75) is 32.7 Å². The second kappa shape index (κ2) is 7.38. The van der Waals surface area contributed by atoms with Gasteiger partial charge in [0.15, 0.2) is 0 Å². The average molecular weight is 379 g/mol. The van der Waals surface area contributed by atoms with Crippen LogP contribution >= 0.6 is 0 Å². The van der Waals surface area contributed by atoms with E-state index in [1.54, 1.807) is 13.2 Å². The molecule has 0 bridgehead atoms. The topological polar surface area (TPSA) is 84.7 Å². The Morgan fingerprint density at radius 1 is 1.31 bits per heavy atom. The molecule has 2 heterocycles. The summed E-state index contributed by atoms with van der Waals surface area (Å²) in [5.74, 6) is 0.571. The average Bonchev–Trinajstić information content (AvgIpc) is 2.98. The maximum atomic E-state index is 11.4. The molecule has 1 aliphatic heterocycles. The van der Waals surface area contributed by atoms with Crippen molar-refractivity contribution in [2.75, 3.05) is 25.7 Å². The third-order valence-electron chi connectivity index (χ3n) is 4.53. The molecule has 0 spiro atoms. The van der Waals surface area contributed by atoms with E-state index >= 15 is 0 Å². The van der Waals surface area contributed by atoms with Crippen LogP contribution in [-0.2, 0) is 29.5 Å². The highest BCUT2D eigenvalue weighted by atomic mass is 32.2. The third kappa shape index (κ3) is 4.44. The van der Waals surface area contributed by atoms with Gasteiger partial charge in [-0.05, 0) is 24.6 Å². The minimum Gasteiger partial charge on any atom is -0.496 e. The third-order valence-corrected chi connectivity index (χ3v) is 5.46. The van der Waals surface area contributed by atoms with Gasteiger partial charge in [0, 0.05) is 31.5 Å². The van der Waals surface area contributed by atoms with Gasteiger partial charge in [0.2, 0.25) is 0 Å². The molecule has 1 aromatic heterocycles. The maximum absolute atomic E-state index is 11.4. The number of aliphatic hydroxyl groups excluding tert-OH is 1. The van der Waals surface area contributed by atoms with Crippen molar-refractivity contribution in [1.82, 2.24) is 14.7 Å². The summed E-state index contributed by atoms with van der Waals surface area (Å²) >= 11 is 0. The number of aryl methyl sites for hydroxylation is 1. The van der Waals surface area contributed by atoms with Gasteiger partial charge in [-0.25, -0.2) is 8.42 Å². The first-order chi connectivity index (χ1) is 12.2. The number of rotatable bonds is 6. The number of nitrogens with zero attached hydrogens (tertiary/aromatic N) is 3. The summed E-state index contributed by atoms with van der Waals surface area (Å²) in [6.07, 6.45) is 0.0249. The lowest BCUT2D eigenvalue weighted by Crippen LogP contribution is -2.33. The number of sulfone groups is 1. The fourth-order valence-electron chi connectivity index (χ4n) is 3.24. The number of benzene rings is 1. The van der Waals surface area contributed by atoms with Crippen molar-refractivity contribution in [3.63, 3.8) is 0 Å². The lowest BCUT2D eigenvalue weighted by Gasteiger charge is -2.28. The van der Waals surface area contributed by atoms with E-state index in [1.807, 2.05) is 17.7 Å². The van der Waals surface area contributed by atoms with E-state index in [2.05, 4.69) is 22.1 Å². The molecule has 1 atom stereocenters. The summed E-state index contributed by atoms with van der Waals surface area (Å²) in [4.78, 5) is 2.29. The summed E-state index contributed by atoms with van der Waals surface area (Å²) in [5, 5.41) is 14.5. The van der Waals surface area contributed by atoms with Gasteiger partial charge in [-0.15, -0.1) is 0 Å². The van der Waals surface area contributed by atoms with Crippen LogP contribution in [0.25, 0.3) is 0 Å². The van der Waals surface area contributed by atoms with E-state index in [4.69, 9.17) is 4.74 Å². The quantitative estimate of drug-likeness (QED) is 0.814. The van der Waals surface area contributed by atoms with E-state index in [9.17, 15) is 13.5 Å². The Bertz CT molecular complexity index is 892. The molecule has 0 radical (unpaired) electrons. The van der Waals surface area contributed by atoms with Crippen LogP contribution < -0.4 is 4.74 Å². The Morgan fingerprint density at radius 3 is 2.77 bits per heavy atom. The maximum Gasteiger partial charge on any atom is 0.150 e. The van der Waals surface area contributed by atoms with Gasteiger partial charge in [0.05, 0.1) is 30.8 Å². The first-order valence-corrected chi connectivity index (χ1v) is 10.6. The van der Waals surface area contributed by atoms with Crippen LogP contribution in [0.3, 0.4) is 0 Å². The van der Waals surface area contributed by atoms with E-state index in [0.29, 0.717) is 18.8 Å². The minimum absolute atomic E-state index is 0.312. The monoisotopic (exact) mass is 379 g/mol. The number of aliphatic hydroxyl groups is 1. The van der Waals surface area contributed by atoms with Gasteiger partial charge in [0.25, 0.3) is 0 Å². The summed E-state index contributed by atoms with van der Waals surface area (Å²) in [6, 6.07) is 7.99. The molecule has 2 aromatic rings. The molecule has 1 aliphatic rings. The molecule has 1 N–H and O–H groups in total. The Kier molecular flexibility index (Phi) is 5.36. The fourth-order valence-corrected chi connectivity index (χ4v) is 3.98. The summed E-state index contributed by atoms with van der Waals surface area (Å²) in [6.45, 7) is 5.02. The smallest absolute Gasteiger partial charge is 0.150 e. The zero-order chi connectivity index (χ0) is 18.9. The Balaban J connectivity index is 1.72. The Morgan fingerprint density at radius 2 is 2.08 bits per heavy atom. The zero-order valence-electron chi connectivity index (χ0n) is 15.3. The summed E-state index contributed by atoms with van der Waals surface area (Å²) in [7, 11) is -1.58. The molecule has 0 saturated carbocycles. The standard InChI is InChI=1S/C18H25N3O4S/c1-13-4-5-14(18(8-13)25-2)10-20-6-7-21-15(11-20)9-16(19-21)17(22)12-26(3,23)24/h4-5,8-9,17,22H,6-7,10-12H2,1-3H3/t17-/m0/s1. The first-order valence-electron chi connectivity index (χ1n) is 8.53. The fraction of sp³-hybridized carbons (Fsp3) is 0.500.